The fourth-order valence-electron chi connectivity index (χ4n) is 3.78. The summed E-state index contributed by atoms with van der Waals surface area (Å²) < 4.78 is 18.9. The summed E-state index contributed by atoms with van der Waals surface area (Å²) in [6.45, 7) is 9.04. The van der Waals surface area contributed by atoms with Crippen LogP contribution >= 0.6 is 0 Å². The number of piperazine rings is 1. The molecule has 2 aliphatic heterocycles. The van der Waals surface area contributed by atoms with Crippen LogP contribution in [0.1, 0.15) is 19.8 Å². The van der Waals surface area contributed by atoms with E-state index in [4.69, 9.17) is 4.74 Å². The van der Waals surface area contributed by atoms with E-state index in [2.05, 4.69) is 16.8 Å². The summed E-state index contributed by atoms with van der Waals surface area (Å²) in [6.07, 6.45) is 1.50. The number of carbonyl (C=O) groups is 1. The lowest BCUT2D eigenvalue weighted by molar-refractivity contribution is -0.139. The fraction of sp³-hybridized carbons (Fsp3) is 0.650. The molecule has 0 saturated carbocycles. The highest BCUT2D eigenvalue weighted by Gasteiger charge is 2.28. The Morgan fingerprint density at radius 2 is 1.88 bits per heavy atom. The average Bonchev–Trinajstić information content (AvgIpc) is 2.64. The van der Waals surface area contributed by atoms with Gasteiger partial charge in [-0.05, 0) is 44.9 Å². The molecular weight excluding hydrogens is 333 g/mol. The summed E-state index contributed by atoms with van der Waals surface area (Å²) in [5, 5.41) is 0. The summed E-state index contributed by atoms with van der Waals surface area (Å²) in [5.41, 5.74) is 0. The lowest BCUT2D eigenvalue weighted by Crippen LogP contribution is -2.49. The van der Waals surface area contributed by atoms with Crippen molar-refractivity contribution in [3.63, 3.8) is 0 Å². The van der Waals surface area contributed by atoms with E-state index >= 15 is 0 Å². The van der Waals surface area contributed by atoms with Crippen LogP contribution < -0.4 is 4.74 Å². The van der Waals surface area contributed by atoms with Gasteiger partial charge in [-0.1, -0.05) is 6.07 Å². The molecule has 2 fully saturated rings. The van der Waals surface area contributed by atoms with Crippen molar-refractivity contribution in [2.45, 2.75) is 25.9 Å². The molecule has 0 N–H and O–H groups in total. The van der Waals surface area contributed by atoms with Crippen LogP contribution in [0, 0.1) is 11.7 Å². The topological polar surface area (TPSA) is 36.0 Å². The van der Waals surface area contributed by atoms with Gasteiger partial charge in [0.25, 0.3) is 5.91 Å². The van der Waals surface area contributed by atoms with Crippen LogP contribution in [0.25, 0.3) is 0 Å². The van der Waals surface area contributed by atoms with Crippen molar-refractivity contribution in [2.24, 2.45) is 5.92 Å². The Balaban J connectivity index is 1.42. The van der Waals surface area contributed by atoms with Crippen molar-refractivity contribution in [3.05, 3.63) is 30.1 Å². The van der Waals surface area contributed by atoms with Gasteiger partial charge in [0.15, 0.2) is 6.10 Å². The first-order chi connectivity index (χ1) is 12.5. The Hall–Kier alpha value is -1.66. The lowest BCUT2D eigenvalue weighted by atomic mass is 9.95. The Kier molecular flexibility index (Phi) is 6.48. The Morgan fingerprint density at radius 3 is 2.54 bits per heavy atom. The van der Waals surface area contributed by atoms with Gasteiger partial charge in [0.2, 0.25) is 0 Å². The standard InChI is InChI=1S/C20H30FN3O2/c1-16(26-19-5-3-4-18(21)14-19)20(25)24-8-6-17(7-9-24)15-23-12-10-22(2)11-13-23/h3-5,14,16-17H,6-13,15H2,1-2H3. The number of hydrogen-bond acceptors (Lipinski definition) is 4. The molecule has 0 bridgehead atoms. The summed E-state index contributed by atoms with van der Waals surface area (Å²) in [5.74, 6) is 0.705. The SMILES string of the molecule is CC(Oc1cccc(F)c1)C(=O)N1CCC(CN2CCN(C)CC2)CC1. The van der Waals surface area contributed by atoms with Crippen LogP contribution in [0.4, 0.5) is 4.39 Å². The van der Waals surface area contributed by atoms with Crippen LogP contribution in [-0.2, 0) is 4.79 Å². The maximum absolute atomic E-state index is 13.2. The maximum atomic E-state index is 13.2. The van der Waals surface area contributed by atoms with Crippen molar-refractivity contribution in [2.75, 3.05) is 52.9 Å². The monoisotopic (exact) mass is 363 g/mol. The highest BCUT2D eigenvalue weighted by molar-refractivity contribution is 5.81. The second-order valence-electron chi connectivity index (χ2n) is 7.59. The van der Waals surface area contributed by atoms with E-state index < -0.39 is 6.10 Å². The number of piperidine rings is 1. The Morgan fingerprint density at radius 1 is 1.19 bits per heavy atom. The molecule has 0 aliphatic carbocycles. The van der Waals surface area contributed by atoms with Crippen molar-refractivity contribution >= 4 is 5.91 Å². The summed E-state index contributed by atoms with van der Waals surface area (Å²) in [4.78, 5) is 19.4. The zero-order chi connectivity index (χ0) is 18.5. The van der Waals surface area contributed by atoms with E-state index in [0.29, 0.717) is 11.7 Å². The van der Waals surface area contributed by atoms with E-state index in [0.717, 1.165) is 58.7 Å². The number of benzene rings is 1. The number of amides is 1. The summed E-state index contributed by atoms with van der Waals surface area (Å²) in [7, 11) is 2.18. The minimum Gasteiger partial charge on any atom is -0.481 e. The van der Waals surface area contributed by atoms with Crippen LogP contribution in [0.5, 0.6) is 5.75 Å². The second-order valence-corrected chi connectivity index (χ2v) is 7.59. The largest absolute Gasteiger partial charge is 0.481 e. The van der Waals surface area contributed by atoms with Crippen LogP contribution in [0.2, 0.25) is 0 Å². The molecule has 2 heterocycles. The molecule has 0 aromatic heterocycles. The highest BCUT2D eigenvalue weighted by Crippen LogP contribution is 2.21. The van der Waals surface area contributed by atoms with Crippen molar-refractivity contribution in [1.82, 2.24) is 14.7 Å². The van der Waals surface area contributed by atoms with Gasteiger partial charge in [0, 0.05) is 51.9 Å². The van der Waals surface area contributed by atoms with Gasteiger partial charge >= 0.3 is 0 Å². The predicted octanol–water partition coefficient (Wildman–Crippen LogP) is 2.08. The number of likely N-dealkylation sites (tertiary alicyclic amines) is 1. The smallest absolute Gasteiger partial charge is 0.263 e. The number of rotatable bonds is 5. The molecule has 5 nitrogen and oxygen atoms in total. The molecule has 1 aromatic rings. The summed E-state index contributed by atoms with van der Waals surface area (Å²) >= 11 is 0. The molecule has 1 amide bonds. The number of nitrogens with zero attached hydrogens (tertiary/aromatic N) is 3. The van der Waals surface area contributed by atoms with Crippen molar-refractivity contribution < 1.29 is 13.9 Å². The van der Waals surface area contributed by atoms with Gasteiger partial charge < -0.3 is 19.4 Å². The Bertz CT molecular complexity index is 596. The van der Waals surface area contributed by atoms with Gasteiger partial charge in [-0.25, -0.2) is 4.39 Å². The first-order valence-corrected chi connectivity index (χ1v) is 9.63. The van der Waals surface area contributed by atoms with E-state index in [9.17, 15) is 9.18 Å². The number of carbonyl (C=O) groups excluding carboxylic acids is 1. The average molecular weight is 363 g/mol. The number of ether oxygens (including phenoxy) is 1. The number of likely N-dealkylation sites (N-methyl/N-ethyl adjacent to an activating group) is 1. The van der Waals surface area contributed by atoms with Crippen LogP contribution in [0.15, 0.2) is 24.3 Å². The number of halogens is 1. The molecular formula is C20H30FN3O2. The zero-order valence-electron chi connectivity index (χ0n) is 15.9. The highest BCUT2D eigenvalue weighted by atomic mass is 19.1. The zero-order valence-corrected chi connectivity index (χ0v) is 15.9. The van der Waals surface area contributed by atoms with E-state index in [1.165, 1.54) is 12.1 Å². The van der Waals surface area contributed by atoms with E-state index in [1.807, 2.05) is 4.90 Å². The minimum absolute atomic E-state index is 0.00712. The molecule has 2 aliphatic rings. The molecule has 1 atom stereocenters. The molecule has 144 valence electrons. The molecule has 2 saturated heterocycles. The third-order valence-electron chi connectivity index (χ3n) is 5.50. The molecule has 1 aromatic carbocycles. The first-order valence-electron chi connectivity index (χ1n) is 9.63. The van der Waals surface area contributed by atoms with E-state index in [1.54, 1.807) is 19.1 Å². The molecule has 26 heavy (non-hydrogen) atoms. The van der Waals surface area contributed by atoms with Gasteiger partial charge in [0.05, 0.1) is 0 Å². The molecule has 0 spiro atoms. The lowest BCUT2D eigenvalue weighted by Gasteiger charge is -2.38. The number of hydrogen-bond donors (Lipinski definition) is 0. The minimum atomic E-state index is -0.592. The third-order valence-corrected chi connectivity index (χ3v) is 5.50. The van der Waals surface area contributed by atoms with Gasteiger partial charge in [-0.2, -0.15) is 0 Å². The Labute approximate surface area is 155 Å². The van der Waals surface area contributed by atoms with Gasteiger partial charge in [0.1, 0.15) is 11.6 Å². The quantitative estimate of drug-likeness (QED) is 0.803. The first kappa shape index (κ1) is 19.1. The summed E-state index contributed by atoms with van der Waals surface area (Å²) in [6, 6.07) is 5.94. The van der Waals surface area contributed by atoms with Gasteiger partial charge in [-0.15, -0.1) is 0 Å². The molecule has 3 rings (SSSR count). The van der Waals surface area contributed by atoms with E-state index in [-0.39, 0.29) is 11.7 Å². The van der Waals surface area contributed by atoms with Crippen LogP contribution in [-0.4, -0.2) is 79.6 Å². The van der Waals surface area contributed by atoms with Crippen molar-refractivity contribution in [3.8, 4) is 5.75 Å². The molecule has 1 unspecified atom stereocenters. The van der Waals surface area contributed by atoms with Crippen molar-refractivity contribution in [1.29, 1.82) is 0 Å². The predicted molar refractivity (Wildman–Crippen MR) is 99.7 cm³/mol. The fourth-order valence-corrected chi connectivity index (χ4v) is 3.78. The second kappa shape index (κ2) is 8.82. The maximum Gasteiger partial charge on any atom is 0.263 e. The van der Waals surface area contributed by atoms with Gasteiger partial charge in [-0.3, -0.25) is 4.79 Å². The molecule has 0 radical (unpaired) electrons. The molecule has 6 heteroatoms. The normalized spacial score (nSPS) is 21.6. The third kappa shape index (κ3) is 5.17. The van der Waals surface area contributed by atoms with Crippen LogP contribution in [0.3, 0.4) is 0 Å².